The second-order valence-electron chi connectivity index (χ2n) is 8.53. The Morgan fingerprint density at radius 3 is 2.54 bits per heavy atom. The van der Waals surface area contributed by atoms with Crippen LogP contribution in [0.2, 0.25) is 0 Å². The van der Waals surface area contributed by atoms with Crippen LogP contribution in [0, 0.1) is 19.7 Å². The number of aryl methyl sites for hydroxylation is 3. The maximum absolute atomic E-state index is 14.3. The van der Waals surface area contributed by atoms with Crippen molar-refractivity contribution in [1.29, 1.82) is 0 Å². The summed E-state index contributed by atoms with van der Waals surface area (Å²) in [5.74, 6) is -3.54. The van der Waals surface area contributed by atoms with E-state index in [0.29, 0.717) is 16.8 Å². The van der Waals surface area contributed by atoms with Crippen LogP contribution < -0.4 is 4.90 Å². The van der Waals surface area contributed by atoms with Gasteiger partial charge in [-0.1, -0.05) is 67.3 Å². The number of aliphatic hydroxyl groups excluding tert-OH is 1. The van der Waals surface area contributed by atoms with E-state index < -0.39 is 35.3 Å². The lowest BCUT2D eigenvalue weighted by atomic mass is 9.94. The van der Waals surface area contributed by atoms with Gasteiger partial charge >= 0.3 is 11.9 Å². The fraction of sp³-hybridized carbons (Fsp3) is 0.214. The quantitative estimate of drug-likeness (QED) is 0.147. The predicted octanol–water partition coefficient (Wildman–Crippen LogP) is 5.43. The Morgan fingerprint density at radius 2 is 1.92 bits per heavy atom. The van der Waals surface area contributed by atoms with E-state index in [1.165, 1.54) is 23.1 Å². The van der Waals surface area contributed by atoms with Gasteiger partial charge in [0.1, 0.15) is 23.1 Å². The van der Waals surface area contributed by atoms with Crippen molar-refractivity contribution < 1.29 is 28.6 Å². The Balaban J connectivity index is 1.89. The average Bonchev–Trinajstić information content (AvgIpc) is 3.40. The van der Waals surface area contributed by atoms with E-state index in [2.05, 4.69) is 11.6 Å². The van der Waals surface area contributed by atoms with E-state index in [9.17, 15) is 23.9 Å². The lowest BCUT2D eigenvalue weighted by Crippen LogP contribution is -2.29. The fourth-order valence-electron chi connectivity index (χ4n) is 4.05. The number of hydrogen-bond acceptors (Lipinski definition) is 7. The SMILES string of the molecule is C=CCOC(=O)c1sc(N2C(=O)C(=O)/C(=C(\O)c3ccc(C)c(F)c3)C2c2ccc(CC)cc2)nc1C. The van der Waals surface area contributed by atoms with E-state index in [-0.39, 0.29) is 27.8 Å². The lowest BCUT2D eigenvalue weighted by molar-refractivity contribution is -0.132. The van der Waals surface area contributed by atoms with Gasteiger partial charge in [-0.3, -0.25) is 14.5 Å². The van der Waals surface area contributed by atoms with Gasteiger partial charge < -0.3 is 9.84 Å². The Labute approximate surface area is 217 Å². The third-order valence-electron chi connectivity index (χ3n) is 6.10. The first-order valence-electron chi connectivity index (χ1n) is 11.6. The number of anilines is 1. The van der Waals surface area contributed by atoms with Crippen molar-refractivity contribution in [3.05, 3.63) is 99.3 Å². The molecule has 37 heavy (non-hydrogen) atoms. The first-order valence-corrected chi connectivity index (χ1v) is 12.4. The molecule has 1 unspecified atom stereocenters. The van der Waals surface area contributed by atoms with Gasteiger partial charge in [0.05, 0.1) is 17.3 Å². The third kappa shape index (κ3) is 4.82. The number of esters is 1. The summed E-state index contributed by atoms with van der Waals surface area (Å²) in [6.45, 7) is 8.70. The second kappa shape index (κ2) is 10.5. The van der Waals surface area contributed by atoms with Crippen molar-refractivity contribution in [3.63, 3.8) is 0 Å². The van der Waals surface area contributed by atoms with Crippen molar-refractivity contribution in [2.75, 3.05) is 11.5 Å². The number of rotatable bonds is 7. The summed E-state index contributed by atoms with van der Waals surface area (Å²) in [5, 5.41) is 11.3. The van der Waals surface area contributed by atoms with Crippen LogP contribution in [0.3, 0.4) is 0 Å². The molecule has 1 fully saturated rings. The molecular weight excluding hydrogens is 495 g/mol. The van der Waals surface area contributed by atoms with E-state index in [1.54, 1.807) is 26.0 Å². The van der Waals surface area contributed by atoms with E-state index >= 15 is 0 Å². The molecule has 2 aromatic carbocycles. The summed E-state index contributed by atoms with van der Waals surface area (Å²) in [6.07, 6.45) is 2.21. The summed E-state index contributed by atoms with van der Waals surface area (Å²) in [4.78, 5) is 44.9. The Bertz CT molecular complexity index is 1440. The summed E-state index contributed by atoms with van der Waals surface area (Å²) < 4.78 is 19.4. The molecule has 7 nitrogen and oxygen atoms in total. The monoisotopic (exact) mass is 520 g/mol. The smallest absolute Gasteiger partial charge is 0.350 e. The van der Waals surface area contributed by atoms with E-state index in [1.807, 2.05) is 19.1 Å². The van der Waals surface area contributed by atoms with Crippen LogP contribution in [0.4, 0.5) is 9.52 Å². The minimum absolute atomic E-state index is 0.00685. The zero-order valence-corrected chi connectivity index (χ0v) is 21.4. The van der Waals surface area contributed by atoms with Crippen molar-refractivity contribution >= 4 is 39.9 Å². The molecule has 1 amide bonds. The highest BCUT2D eigenvalue weighted by Gasteiger charge is 2.48. The van der Waals surface area contributed by atoms with Gasteiger partial charge in [-0.05, 0) is 43.0 Å². The normalized spacial score (nSPS) is 16.8. The second-order valence-corrected chi connectivity index (χ2v) is 9.50. The van der Waals surface area contributed by atoms with Crippen LogP contribution in [0.1, 0.15) is 50.6 Å². The fourth-order valence-corrected chi connectivity index (χ4v) is 5.04. The lowest BCUT2D eigenvalue weighted by Gasteiger charge is -2.23. The van der Waals surface area contributed by atoms with Crippen molar-refractivity contribution in [2.45, 2.75) is 33.2 Å². The summed E-state index contributed by atoms with van der Waals surface area (Å²) >= 11 is 0.910. The number of benzene rings is 2. The molecule has 0 radical (unpaired) electrons. The minimum Gasteiger partial charge on any atom is -0.507 e. The zero-order valence-electron chi connectivity index (χ0n) is 20.6. The highest BCUT2D eigenvalue weighted by molar-refractivity contribution is 7.17. The van der Waals surface area contributed by atoms with Crippen LogP contribution in [0.5, 0.6) is 0 Å². The first-order chi connectivity index (χ1) is 17.7. The number of aliphatic hydroxyl groups is 1. The van der Waals surface area contributed by atoms with Gasteiger partial charge in [-0.2, -0.15) is 0 Å². The molecule has 2 heterocycles. The maximum Gasteiger partial charge on any atom is 0.350 e. The molecule has 0 saturated carbocycles. The Hall–Kier alpha value is -4.11. The van der Waals surface area contributed by atoms with Crippen LogP contribution in [0.15, 0.2) is 60.7 Å². The van der Waals surface area contributed by atoms with Crippen LogP contribution in [-0.4, -0.2) is 34.4 Å². The molecule has 1 aliphatic heterocycles. The number of thiazole rings is 1. The van der Waals surface area contributed by atoms with Gasteiger partial charge in [0.15, 0.2) is 5.13 Å². The number of nitrogens with zero attached hydrogens (tertiary/aromatic N) is 2. The van der Waals surface area contributed by atoms with Crippen LogP contribution in [0.25, 0.3) is 5.76 Å². The number of ketones is 1. The molecule has 0 bridgehead atoms. The highest BCUT2D eigenvalue weighted by Crippen LogP contribution is 2.44. The Morgan fingerprint density at radius 1 is 1.22 bits per heavy atom. The van der Waals surface area contributed by atoms with Gasteiger partial charge in [0.25, 0.3) is 5.78 Å². The van der Waals surface area contributed by atoms with Gasteiger partial charge in [-0.25, -0.2) is 14.2 Å². The van der Waals surface area contributed by atoms with E-state index in [4.69, 9.17) is 4.74 Å². The van der Waals surface area contributed by atoms with Crippen molar-refractivity contribution in [1.82, 2.24) is 4.98 Å². The number of halogens is 1. The number of amides is 1. The molecule has 1 N–H and O–H groups in total. The topological polar surface area (TPSA) is 96.8 Å². The van der Waals surface area contributed by atoms with Gasteiger partial charge in [0, 0.05) is 5.56 Å². The number of ether oxygens (including phenoxy) is 1. The third-order valence-corrected chi connectivity index (χ3v) is 7.24. The highest BCUT2D eigenvalue weighted by atomic mass is 32.1. The number of aromatic nitrogens is 1. The first kappa shape index (κ1) is 26.0. The molecule has 1 aromatic heterocycles. The molecule has 1 saturated heterocycles. The maximum atomic E-state index is 14.3. The molecule has 190 valence electrons. The minimum atomic E-state index is -1.04. The molecule has 1 aliphatic rings. The largest absolute Gasteiger partial charge is 0.507 e. The molecule has 0 spiro atoms. The number of Topliss-reactive ketones (excluding diaryl/α,β-unsaturated/α-hetero) is 1. The van der Waals surface area contributed by atoms with Crippen LogP contribution >= 0.6 is 11.3 Å². The van der Waals surface area contributed by atoms with Gasteiger partial charge in [-0.15, -0.1) is 0 Å². The molecule has 4 rings (SSSR count). The van der Waals surface area contributed by atoms with Crippen molar-refractivity contribution in [3.8, 4) is 0 Å². The predicted molar refractivity (Wildman–Crippen MR) is 139 cm³/mol. The standard InChI is InChI=1S/C28H25FN2O5S/c1-5-13-36-27(35)25-16(4)30-28(37-25)31-22(18-11-8-17(6-2)9-12-18)21(24(33)26(31)34)23(32)19-10-7-15(3)20(29)14-19/h5,7-12,14,22,32H,1,6,13H2,2-4H3/b23-21-. The van der Waals surface area contributed by atoms with Crippen molar-refractivity contribution in [2.24, 2.45) is 0 Å². The number of carbonyl (C=O) groups is 3. The Kier molecular flexibility index (Phi) is 7.35. The summed E-state index contributed by atoms with van der Waals surface area (Å²) in [5.41, 5.74) is 2.17. The number of carbonyl (C=O) groups excluding carboxylic acids is 3. The molecule has 3 aromatic rings. The zero-order chi connectivity index (χ0) is 26.9. The molecule has 0 aliphatic carbocycles. The molecule has 9 heteroatoms. The summed E-state index contributed by atoms with van der Waals surface area (Å²) in [6, 6.07) is 10.3. The van der Waals surface area contributed by atoms with E-state index in [0.717, 1.165) is 29.4 Å². The average molecular weight is 521 g/mol. The van der Waals surface area contributed by atoms with Gasteiger partial charge in [0.2, 0.25) is 0 Å². The summed E-state index contributed by atoms with van der Waals surface area (Å²) in [7, 11) is 0. The number of hydrogen-bond donors (Lipinski definition) is 1. The molecular formula is C28H25FN2O5S. The molecule has 1 atom stereocenters. The van der Waals surface area contributed by atoms with Crippen LogP contribution in [-0.2, 0) is 20.7 Å².